The smallest absolute Gasteiger partial charge is 0.290 e. The standard InChI is InChI=1S/C19H27N3O2S/c1-4-16-14(13-21(5-2)6-3)12-17(24-16)19(23)22-10-7-8-15(22)18-20-9-11-25-18/h9,11-12,15H,4-8,10,13H2,1-3H3/t15-/m0/s1. The zero-order valence-electron chi connectivity index (χ0n) is 15.3. The average Bonchev–Trinajstić information content (AvgIpc) is 3.38. The summed E-state index contributed by atoms with van der Waals surface area (Å²) in [4.78, 5) is 21.7. The minimum absolute atomic E-state index is 0.00167. The van der Waals surface area contributed by atoms with Gasteiger partial charge in [0.25, 0.3) is 5.91 Å². The molecule has 1 atom stereocenters. The molecule has 0 N–H and O–H groups in total. The minimum Gasteiger partial charge on any atom is -0.456 e. The van der Waals surface area contributed by atoms with E-state index in [0.717, 1.165) is 61.8 Å². The Morgan fingerprint density at radius 3 is 2.84 bits per heavy atom. The van der Waals surface area contributed by atoms with Crippen LogP contribution in [0.15, 0.2) is 22.1 Å². The van der Waals surface area contributed by atoms with Crippen LogP contribution < -0.4 is 0 Å². The van der Waals surface area contributed by atoms with Crippen molar-refractivity contribution in [2.75, 3.05) is 19.6 Å². The fourth-order valence-corrected chi connectivity index (χ4v) is 4.29. The number of carbonyl (C=O) groups is 1. The maximum absolute atomic E-state index is 13.1. The first kappa shape index (κ1) is 18.1. The summed E-state index contributed by atoms with van der Waals surface area (Å²) >= 11 is 1.62. The van der Waals surface area contributed by atoms with E-state index >= 15 is 0 Å². The van der Waals surface area contributed by atoms with Gasteiger partial charge in [0, 0.05) is 36.7 Å². The Kier molecular flexibility index (Phi) is 5.91. The number of aromatic nitrogens is 1. The van der Waals surface area contributed by atoms with E-state index in [-0.39, 0.29) is 11.9 Å². The Morgan fingerprint density at radius 1 is 1.40 bits per heavy atom. The van der Waals surface area contributed by atoms with Crippen LogP contribution in [-0.2, 0) is 13.0 Å². The number of hydrogen-bond donors (Lipinski definition) is 0. The van der Waals surface area contributed by atoms with Gasteiger partial charge in [-0.2, -0.15) is 0 Å². The van der Waals surface area contributed by atoms with Crippen LogP contribution in [0.4, 0.5) is 0 Å². The van der Waals surface area contributed by atoms with Crippen LogP contribution in [0.5, 0.6) is 0 Å². The van der Waals surface area contributed by atoms with E-state index in [2.05, 4.69) is 30.7 Å². The van der Waals surface area contributed by atoms with Crippen LogP contribution >= 0.6 is 11.3 Å². The summed E-state index contributed by atoms with van der Waals surface area (Å²) in [5.74, 6) is 1.40. The molecule has 0 bridgehead atoms. The molecule has 0 saturated carbocycles. The second kappa shape index (κ2) is 8.15. The number of aryl methyl sites for hydroxylation is 1. The lowest BCUT2D eigenvalue weighted by atomic mass is 10.2. The van der Waals surface area contributed by atoms with Crippen molar-refractivity contribution in [3.63, 3.8) is 0 Å². The summed E-state index contributed by atoms with van der Waals surface area (Å²) in [5, 5.41) is 3.00. The molecule has 1 aliphatic rings. The summed E-state index contributed by atoms with van der Waals surface area (Å²) < 4.78 is 5.96. The van der Waals surface area contributed by atoms with Crippen molar-refractivity contribution in [2.45, 2.75) is 52.6 Å². The number of hydrogen-bond acceptors (Lipinski definition) is 5. The fourth-order valence-electron chi connectivity index (χ4n) is 3.50. The van der Waals surface area contributed by atoms with Gasteiger partial charge < -0.3 is 9.32 Å². The SMILES string of the molecule is CCc1oc(C(=O)N2CCC[C@H]2c2nccs2)cc1CN(CC)CC. The second-order valence-electron chi connectivity index (χ2n) is 6.40. The number of rotatable bonds is 7. The molecule has 136 valence electrons. The number of nitrogens with zero attached hydrogens (tertiary/aromatic N) is 3. The normalized spacial score (nSPS) is 17.6. The number of amides is 1. The number of carbonyl (C=O) groups excluding carboxylic acids is 1. The minimum atomic E-state index is -0.00167. The molecule has 1 fully saturated rings. The molecule has 2 aromatic rings. The molecule has 6 heteroatoms. The first-order valence-electron chi connectivity index (χ1n) is 9.22. The largest absolute Gasteiger partial charge is 0.456 e. The molecule has 3 rings (SSSR count). The van der Waals surface area contributed by atoms with Gasteiger partial charge in [-0.15, -0.1) is 11.3 Å². The lowest BCUT2D eigenvalue weighted by molar-refractivity contribution is 0.0701. The van der Waals surface area contributed by atoms with Crippen LogP contribution in [-0.4, -0.2) is 40.3 Å². The van der Waals surface area contributed by atoms with E-state index in [0.29, 0.717) is 5.76 Å². The fraction of sp³-hybridized carbons (Fsp3) is 0.579. The Labute approximate surface area is 153 Å². The first-order chi connectivity index (χ1) is 12.2. The van der Waals surface area contributed by atoms with Crippen LogP contribution in [0, 0.1) is 0 Å². The van der Waals surface area contributed by atoms with E-state index in [1.807, 2.05) is 22.5 Å². The lowest BCUT2D eigenvalue weighted by Crippen LogP contribution is -2.30. The zero-order valence-corrected chi connectivity index (χ0v) is 16.1. The van der Waals surface area contributed by atoms with E-state index in [4.69, 9.17) is 4.42 Å². The monoisotopic (exact) mass is 361 g/mol. The Morgan fingerprint density at radius 2 is 2.20 bits per heavy atom. The third kappa shape index (κ3) is 3.80. The summed E-state index contributed by atoms with van der Waals surface area (Å²) in [5.41, 5.74) is 1.14. The molecule has 0 aromatic carbocycles. The molecule has 3 heterocycles. The van der Waals surface area contributed by atoms with Crippen molar-refractivity contribution in [3.8, 4) is 0 Å². The second-order valence-corrected chi connectivity index (χ2v) is 7.33. The molecule has 1 amide bonds. The van der Waals surface area contributed by atoms with Gasteiger partial charge in [-0.25, -0.2) is 4.98 Å². The van der Waals surface area contributed by atoms with Crippen molar-refractivity contribution < 1.29 is 9.21 Å². The zero-order chi connectivity index (χ0) is 17.8. The van der Waals surface area contributed by atoms with Crippen LogP contribution in [0.3, 0.4) is 0 Å². The van der Waals surface area contributed by atoms with Crippen LogP contribution in [0.1, 0.15) is 66.5 Å². The number of likely N-dealkylation sites (tertiary alicyclic amines) is 1. The van der Waals surface area contributed by atoms with Gasteiger partial charge in [0.05, 0.1) is 6.04 Å². The molecule has 25 heavy (non-hydrogen) atoms. The number of furan rings is 1. The average molecular weight is 362 g/mol. The highest BCUT2D eigenvalue weighted by molar-refractivity contribution is 7.09. The van der Waals surface area contributed by atoms with Crippen LogP contribution in [0.2, 0.25) is 0 Å². The highest BCUT2D eigenvalue weighted by atomic mass is 32.1. The van der Waals surface area contributed by atoms with Gasteiger partial charge in [0.15, 0.2) is 5.76 Å². The molecule has 1 saturated heterocycles. The highest BCUT2D eigenvalue weighted by Crippen LogP contribution is 2.34. The van der Waals surface area contributed by atoms with Crippen molar-refractivity contribution in [3.05, 3.63) is 39.7 Å². The van der Waals surface area contributed by atoms with Crippen LogP contribution in [0.25, 0.3) is 0 Å². The Hall–Kier alpha value is -1.66. The van der Waals surface area contributed by atoms with Gasteiger partial charge in [-0.1, -0.05) is 20.8 Å². The maximum atomic E-state index is 13.1. The molecule has 2 aromatic heterocycles. The van der Waals surface area contributed by atoms with Gasteiger partial charge >= 0.3 is 0 Å². The quantitative estimate of drug-likeness (QED) is 0.744. The van der Waals surface area contributed by atoms with Crippen molar-refractivity contribution in [1.29, 1.82) is 0 Å². The third-order valence-corrected chi connectivity index (χ3v) is 5.84. The van der Waals surface area contributed by atoms with E-state index in [9.17, 15) is 4.79 Å². The van der Waals surface area contributed by atoms with Gasteiger partial charge in [-0.3, -0.25) is 9.69 Å². The highest BCUT2D eigenvalue weighted by Gasteiger charge is 2.34. The molecule has 0 aliphatic carbocycles. The van der Waals surface area contributed by atoms with Crippen molar-refractivity contribution in [2.24, 2.45) is 0 Å². The van der Waals surface area contributed by atoms with Gasteiger partial charge in [0.1, 0.15) is 10.8 Å². The topological polar surface area (TPSA) is 49.6 Å². The molecule has 0 radical (unpaired) electrons. The third-order valence-electron chi connectivity index (χ3n) is 4.97. The lowest BCUT2D eigenvalue weighted by Gasteiger charge is -2.21. The van der Waals surface area contributed by atoms with Gasteiger partial charge in [-0.05, 0) is 32.0 Å². The van der Waals surface area contributed by atoms with Crippen molar-refractivity contribution in [1.82, 2.24) is 14.8 Å². The van der Waals surface area contributed by atoms with E-state index in [1.54, 1.807) is 11.3 Å². The molecule has 5 nitrogen and oxygen atoms in total. The summed E-state index contributed by atoms with van der Waals surface area (Å²) in [6.45, 7) is 9.99. The summed E-state index contributed by atoms with van der Waals surface area (Å²) in [7, 11) is 0. The van der Waals surface area contributed by atoms with Gasteiger partial charge in [0.2, 0.25) is 0 Å². The Bertz CT molecular complexity index is 692. The summed E-state index contributed by atoms with van der Waals surface area (Å²) in [6, 6.07) is 2.05. The van der Waals surface area contributed by atoms with E-state index < -0.39 is 0 Å². The molecular weight excluding hydrogens is 334 g/mol. The molecule has 0 unspecified atom stereocenters. The van der Waals surface area contributed by atoms with Crippen molar-refractivity contribution >= 4 is 17.2 Å². The maximum Gasteiger partial charge on any atom is 0.290 e. The summed E-state index contributed by atoms with van der Waals surface area (Å²) in [6.07, 6.45) is 4.61. The van der Waals surface area contributed by atoms with E-state index in [1.165, 1.54) is 0 Å². The number of thiazole rings is 1. The molecule has 0 spiro atoms. The molecular formula is C19H27N3O2S. The Balaban J connectivity index is 1.81. The predicted molar refractivity (Wildman–Crippen MR) is 99.8 cm³/mol. The molecule has 1 aliphatic heterocycles. The first-order valence-corrected chi connectivity index (χ1v) is 10.1. The predicted octanol–water partition coefficient (Wildman–Crippen LogP) is 4.12.